The van der Waals surface area contributed by atoms with Gasteiger partial charge in [0.15, 0.2) is 6.10 Å². The Hall–Kier alpha value is -4.37. The molecule has 9 nitrogen and oxygen atoms in total. The number of quaternary nitrogens is 1. The number of hydrogen-bond acceptors (Lipinski definition) is 8. The second-order valence-electron chi connectivity index (χ2n) is 22.0. The van der Waals surface area contributed by atoms with Gasteiger partial charge in [0, 0.05) is 12.8 Å². The van der Waals surface area contributed by atoms with Crippen LogP contribution in [0.2, 0.25) is 0 Å². The Balaban J connectivity index is 4.25. The van der Waals surface area contributed by atoms with E-state index in [1.54, 1.807) is 0 Å². The van der Waals surface area contributed by atoms with Gasteiger partial charge in [-0.3, -0.25) is 14.2 Å². The van der Waals surface area contributed by atoms with E-state index in [9.17, 15) is 19.0 Å². The molecule has 82 heavy (non-hydrogen) atoms. The van der Waals surface area contributed by atoms with E-state index >= 15 is 0 Å². The SMILES string of the molecule is CC/C=C\C/C=C\C/C=C\C/C=C\C/C=C\C/C=C\C/C=C\C/C=C\C/C=C\C/C=C\C/C=C\CCCCCC(=O)OC(COC(=O)CCCCCCCCCCC/C=C\C/C=C\CCCCCCC)COP(=O)([O-])OCC[N+](C)(C)C. The first-order chi connectivity index (χ1) is 40.0. The Kier molecular flexibility index (Phi) is 57.9. The number of rotatable bonds is 57. The van der Waals surface area contributed by atoms with E-state index in [-0.39, 0.29) is 26.1 Å². The number of hydrogen-bond donors (Lipinski definition) is 0. The summed E-state index contributed by atoms with van der Waals surface area (Å²) >= 11 is 0. The number of likely N-dealkylation sites (N-methyl/N-ethyl adjacent to an activating group) is 1. The van der Waals surface area contributed by atoms with Crippen LogP contribution in [0.5, 0.6) is 0 Å². The summed E-state index contributed by atoms with van der Waals surface area (Å²) in [6.45, 7) is 4.05. The highest BCUT2D eigenvalue weighted by atomic mass is 31.2. The zero-order valence-electron chi connectivity index (χ0n) is 52.6. The van der Waals surface area contributed by atoms with Gasteiger partial charge in [0.25, 0.3) is 7.82 Å². The smallest absolute Gasteiger partial charge is 0.306 e. The summed E-state index contributed by atoms with van der Waals surface area (Å²) in [7, 11) is 1.12. The van der Waals surface area contributed by atoms with Gasteiger partial charge < -0.3 is 27.9 Å². The Morgan fingerprint density at radius 1 is 0.390 bits per heavy atom. The Labute approximate surface area is 503 Å². The number of carbonyl (C=O) groups is 2. The van der Waals surface area contributed by atoms with Crippen molar-refractivity contribution in [3.63, 3.8) is 0 Å². The molecule has 0 saturated carbocycles. The molecule has 2 atom stereocenters. The Morgan fingerprint density at radius 2 is 0.695 bits per heavy atom. The number of nitrogens with zero attached hydrogens (tertiary/aromatic N) is 1. The molecule has 0 heterocycles. The minimum absolute atomic E-state index is 0.0470. The first-order valence-corrected chi connectivity index (χ1v) is 33.7. The number of allylic oxidation sites excluding steroid dienone is 26. The van der Waals surface area contributed by atoms with Gasteiger partial charge in [-0.1, -0.05) is 249 Å². The third kappa shape index (κ3) is 64.8. The van der Waals surface area contributed by atoms with Crippen LogP contribution in [-0.2, 0) is 32.7 Å². The summed E-state index contributed by atoms with van der Waals surface area (Å²) in [5.74, 6) is -0.887. The van der Waals surface area contributed by atoms with Crippen LogP contribution >= 0.6 is 7.82 Å². The maximum absolute atomic E-state index is 12.8. The maximum Gasteiger partial charge on any atom is 0.306 e. The molecule has 0 aliphatic carbocycles. The average molecular weight is 1160 g/mol. The van der Waals surface area contributed by atoms with Gasteiger partial charge in [-0.15, -0.1) is 0 Å². The lowest BCUT2D eigenvalue weighted by molar-refractivity contribution is -0.870. The predicted octanol–water partition coefficient (Wildman–Crippen LogP) is 20.2. The molecule has 0 aliphatic heterocycles. The number of phosphoric acid groups is 1. The van der Waals surface area contributed by atoms with E-state index in [4.69, 9.17) is 18.5 Å². The summed E-state index contributed by atoms with van der Waals surface area (Å²) in [5.41, 5.74) is 0. The fraction of sp³-hybridized carbons (Fsp3) is 0.611. The van der Waals surface area contributed by atoms with Crippen LogP contribution in [0.15, 0.2) is 158 Å². The van der Waals surface area contributed by atoms with Gasteiger partial charge in [-0.2, -0.15) is 0 Å². The maximum atomic E-state index is 12.8. The van der Waals surface area contributed by atoms with Gasteiger partial charge in [-0.05, 0) is 128 Å². The standard InChI is InChI=1S/C72H118NO8P/c1-6-8-10-12-14-16-18-20-22-24-26-28-29-30-31-32-33-34-35-36-37-38-39-40-41-42-43-45-47-49-51-53-55-57-59-61-63-65-72(75)81-70(69-80-82(76,77)79-67-66-73(3,4)5)68-78-71(74)64-62-60-58-56-54-52-50-48-46-44-27-25-23-21-19-17-15-13-11-9-7-2/h8,10,14,16,19-22,25-28,30-31,33-34,36-37,39-40,42-43,47,49,53,55,70H,6-7,9,11-13,15,17-18,23-24,29,32,35,38,41,44-46,48,50-52,54,56-69H2,1-5H3/b10-8-,16-14-,21-19-,22-20-,27-25-,28-26-,31-30-,34-33-,37-36-,40-39-,43-42-,49-47-,55-53-. The van der Waals surface area contributed by atoms with Crippen LogP contribution in [0.1, 0.15) is 232 Å². The van der Waals surface area contributed by atoms with Crippen LogP contribution in [0, 0.1) is 0 Å². The highest BCUT2D eigenvalue weighted by Crippen LogP contribution is 2.38. The van der Waals surface area contributed by atoms with Gasteiger partial charge in [0.1, 0.15) is 19.8 Å². The van der Waals surface area contributed by atoms with Gasteiger partial charge in [-0.25, -0.2) is 0 Å². The fourth-order valence-corrected chi connectivity index (χ4v) is 8.83. The Morgan fingerprint density at radius 3 is 1.05 bits per heavy atom. The van der Waals surface area contributed by atoms with Crippen molar-refractivity contribution in [2.24, 2.45) is 0 Å². The van der Waals surface area contributed by atoms with Crippen LogP contribution in [0.4, 0.5) is 0 Å². The van der Waals surface area contributed by atoms with Gasteiger partial charge in [0.2, 0.25) is 0 Å². The number of esters is 2. The molecule has 10 heteroatoms. The molecule has 0 rings (SSSR count). The highest BCUT2D eigenvalue weighted by molar-refractivity contribution is 7.45. The minimum Gasteiger partial charge on any atom is -0.756 e. The number of phosphoric ester groups is 1. The predicted molar refractivity (Wildman–Crippen MR) is 350 cm³/mol. The molecule has 0 spiro atoms. The molecule has 464 valence electrons. The summed E-state index contributed by atoms with van der Waals surface area (Å²) in [6.07, 6.45) is 91.6. The van der Waals surface area contributed by atoms with E-state index < -0.39 is 32.5 Å². The number of unbranched alkanes of at least 4 members (excludes halogenated alkanes) is 17. The average Bonchev–Trinajstić information content (AvgIpc) is 3.46. The van der Waals surface area contributed by atoms with E-state index in [0.717, 1.165) is 122 Å². The molecule has 0 amide bonds. The summed E-state index contributed by atoms with van der Waals surface area (Å²) in [4.78, 5) is 37.9. The quantitative estimate of drug-likeness (QED) is 0.0195. The molecule has 0 aliphatic rings. The molecule has 0 aromatic rings. The van der Waals surface area contributed by atoms with Crippen LogP contribution in [0.25, 0.3) is 0 Å². The number of carbonyl (C=O) groups excluding carboxylic acids is 2. The van der Waals surface area contributed by atoms with Crippen molar-refractivity contribution in [3.8, 4) is 0 Å². The highest BCUT2D eigenvalue weighted by Gasteiger charge is 2.22. The summed E-state index contributed by atoms with van der Waals surface area (Å²) in [5, 5.41) is 0. The largest absolute Gasteiger partial charge is 0.756 e. The van der Waals surface area contributed by atoms with Crippen molar-refractivity contribution in [1.29, 1.82) is 0 Å². The number of ether oxygens (including phenoxy) is 2. The van der Waals surface area contributed by atoms with E-state index in [1.807, 2.05) is 21.1 Å². The lowest BCUT2D eigenvalue weighted by Gasteiger charge is -2.28. The van der Waals surface area contributed by atoms with Gasteiger partial charge >= 0.3 is 11.9 Å². The molecule has 0 fully saturated rings. The van der Waals surface area contributed by atoms with Crippen molar-refractivity contribution in [2.45, 2.75) is 238 Å². The van der Waals surface area contributed by atoms with Crippen LogP contribution < -0.4 is 4.89 Å². The molecule has 0 bridgehead atoms. The van der Waals surface area contributed by atoms with Crippen molar-refractivity contribution in [1.82, 2.24) is 0 Å². The second kappa shape index (κ2) is 61.2. The lowest BCUT2D eigenvalue weighted by Crippen LogP contribution is -2.37. The molecule has 2 unspecified atom stereocenters. The fourth-order valence-electron chi connectivity index (χ4n) is 8.10. The normalized spacial score (nSPS) is 14.3. The molecule has 0 radical (unpaired) electrons. The first kappa shape index (κ1) is 77.6. The first-order valence-electron chi connectivity index (χ1n) is 32.2. The van der Waals surface area contributed by atoms with E-state index in [0.29, 0.717) is 23.9 Å². The van der Waals surface area contributed by atoms with E-state index in [1.165, 1.54) is 70.6 Å². The molecular weight excluding hydrogens is 1040 g/mol. The van der Waals surface area contributed by atoms with Crippen LogP contribution in [0.3, 0.4) is 0 Å². The molecule has 0 aromatic heterocycles. The monoisotopic (exact) mass is 1160 g/mol. The van der Waals surface area contributed by atoms with Crippen molar-refractivity contribution >= 4 is 19.8 Å². The molecular formula is C72H118NO8P. The molecule has 0 aromatic carbocycles. The van der Waals surface area contributed by atoms with E-state index in [2.05, 4.69) is 172 Å². The summed E-state index contributed by atoms with van der Waals surface area (Å²) in [6, 6.07) is 0. The van der Waals surface area contributed by atoms with Crippen molar-refractivity contribution < 1.29 is 42.1 Å². The van der Waals surface area contributed by atoms with Crippen molar-refractivity contribution in [2.75, 3.05) is 47.5 Å². The molecule has 0 saturated heterocycles. The second-order valence-corrected chi connectivity index (χ2v) is 23.4. The molecule has 0 N–H and O–H groups in total. The lowest BCUT2D eigenvalue weighted by atomic mass is 10.1. The van der Waals surface area contributed by atoms with Crippen molar-refractivity contribution in [3.05, 3.63) is 158 Å². The topological polar surface area (TPSA) is 111 Å². The zero-order valence-corrected chi connectivity index (χ0v) is 53.5. The van der Waals surface area contributed by atoms with Gasteiger partial charge in [0.05, 0.1) is 27.7 Å². The Bertz CT molecular complexity index is 1940. The van der Waals surface area contributed by atoms with Crippen LogP contribution in [-0.4, -0.2) is 70.0 Å². The third-order valence-corrected chi connectivity index (χ3v) is 14.0. The zero-order chi connectivity index (χ0) is 59.8. The minimum atomic E-state index is -4.66. The summed E-state index contributed by atoms with van der Waals surface area (Å²) < 4.78 is 34.2. The third-order valence-electron chi connectivity index (χ3n) is 13.0.